The molecule has 7 heteroatoms. The molecule has 0 radical (unpaired) electrons. The summed E-state index contributed by atoms with van der Waals surface area (Å²) in [6.45, 7) is -0.117. The largest absolute Gasteiger partial charge is 0.478 e. The summed E-state index contributed by atoms with van der Waals surface area (Å²) in [5.74, 6) is -1.85. The second-order valence-corrected chi connectivity index (χ2v) is 4.44. The van der Waals surface area contributed by atoms with Crippen molar-refractivity contribution in [3.05, 3.63) is 22.3 Å². The summed E-state index contributed by atoms with van der Waals surface area (Å²) in [4.78, 5) is 38.7. The highest BCUT2D eigenvalue weighted by molar-refractivity contribution is 9.10. The van der Waals surface area contributed by atoms with Crippen LogP contribution < -0.4 is 4.90 Å². The summed E-state index contributed by atoms with van der Waals surface area (Å²) >= 11 is 3.10. The number of amides is 1. The normalized spacial score (nSPS) is 15.5. The molecule has 6 nitrogen and oxygen atoms in total. The van der Waals surface area contributed by atoms with Crippen molar-refractivity contribution in [2.75, 3.05) is 11.4 Å². The van der Waals surface area contributed by atoms with Crippen LogP contribution in [0.15, 0.2) is 16.7 Å². The lowest BCUT2D eigenvalue weighted by Gasteiger charge is -2.15. The molecular weight excluding hydrogens is 292 g/mol. The van der Waals surface area contributed by atoms with Crippen LogP contribution in [0.2, 0.25) is 0 Å². The van der Waals surface area contributed by atoms with Crippen molar-refractivity contribution in [1.29, 1.82) is 0 Å². The molecule has 2 rings (SSSR count). The van der Waals surface area contributed by atoms with Gasteiger partial charge in [-0.3, -0.25) is 14.5 Å². The number of hydrogen-bond donors (Lipinski definition) is 1. The van der Waals surface area contributed by atoms with Crippen molar-refractivity contribution in [3.8, 4) is 0 Å². The average Bonchev–Trinajstić information content (AvgIpc) is 2.57. The molecule has 0 unspecified atom stereocenters. The van der Waals surface area contributed by atoms with Gasteiger partial charge in [0.2, 0.25) is 5.91 Å². The Morgan fingerprint density at radius 1 is 1.47 bits per heavy atom. The summed E-state index contributed by atoms with van der Waals surface area (Å²) in [5.41, 5.74) is -0.109. The van der Waals surface area contributed by atoms with E-state index in [4.69, 9.17) is 5.11 Å². The van der Waals surface area contributed by atoms with Gasteiger partial charge in [-0.2, -0.15) is 0 Å². The number of aromatic nitrogens is 1. The highest BCUT2D eigenvalue weighted by Crippen LogP contribution is 2.24. The van der Waals surface area contributed by atoms with Gasteiger partial charge in [0.05, 0.1) is 13.0 Å². The molecule has 0 aliphatic carbocycles. The maximum atomic E-state index is 11.5. The minimum absolute atomic E-state index is 0.0107. The van der Waals surface area contributed by atoms with Gasteiger partial charge in [-0.15, -0.1) is 0 Å². The van der Waals surface area contributed by atoms with E-state index in [1.54, 1.807) is 0 Å². The second kappa shape index (κ2) is 4.25. The van der Waals surface area contributed by atoms with Gasteiger partial charge in [-0.25, -0.2) is 9.78 Å². The molecule has 88 valence electrons. The van der Waals surface area contributed by atoms with E-state index < -0.39 is 11.9 Å². The van der Waals surface area contributed by atoms with Gasteiger partial charge in [0, 0.05) is 10.7 Å². The maximum absolute atomic E-state index is 11.5. The van der Waals surface area contributed by atoms with Gasteiger partial charge in [0.25, 0.3) is 0 Å². The van der Waals surface area contributed by atoms with Crippen molar-refractivity contribution >= 4 is 39.4 Å². The predicted octanol–water partition coefficient (Wildman–Crippen LogP) is 0.848. The zero-order valence-corrected chi connectivity index (χ0v) is 10.1. The number of hydrogen-bond acceptors (Lipinski definition) is 4. The molecule has 17 heavy (non-hydrogen) atoms. The van der Waals surface area contributed by atoms with Crippen LogP contribution in [-0.2, 0) is 9.59 Å². The Balaban J connectivity index is 2.48. The van der Waals surface area contributed by atoms with Crippen LogP contribution in [0, 0.1) is 0 Å². The first-order valence-electron chi connectivity index (χ1n) is 4.70. The number of nitrogens with zero attached hydrogens (tertiary/aromatic N) is 2. The van der Waals surface area contributed by atoms with E-state index in [2.05, 4.69) is 20.9 Å². The Morgan fingerprint density at radius 2 is 2.18 bits per heavy atom. The molecule has 0 bridgehead atoms. The lowest BCUT2D eigenvalue weighted by Crippen LogP contribution is -2.27. The molecule has 1 saturated heterocycles. The summed E-state index contributed by atoms with van der Waals surface area (Å²) < 4.78 is 0.497. The molecular formula is C10H7BrN2O4. The van der Waals surface area contributed by atoms with Crippen LogP contribution >= 0.6 is 15.9 Å². The molecule has 1 aliphatic rings. The third-order valence-electron chi connectivity index (χ3n) is 2.30. The van der Waals surface area contributed by atoms with E-state index in [9.17, 15) is 14.4 Å². The van der Waals surface area contributed by atoms with E-state index in [1.807, 2.05) is 0 Å². The Bertz CT molecular complexity index is 529. The number of ketones is 1. The minimum atomic E-state index is -1.19. The molecule has 1 aromatic heterocycles. The Hall–Kier alpha value is -1.76. The van der Waals surface area contributed by atoms with E-state index in [0.717, 1.165) is 4.90 Å². The van der Waals surface area contributed by atoms with Crippen LogP contribution in [-0.4, -0.2) is 34.3 Å². The monoisotopic (exact) mass is 298 g/mol. The molecule has 2 heterocycles. The standard InChI is InChI=1S/C10H7BrN2O4/c11-5-1-7(10(16)17)9(12-3-5)13-4-6(14)2-8(13)15/h1,3H,2,4H2,(H,16,17). The van der Waals surface area contributed by atoms with Crippen molar-refractivity contribution < 1.29 is 19.5 Å². The van der Waals surface area contributed by atoms with Gasteiger partial charge in [0.1, 0.15) is 11.4 Å². The van der Waals surface area contributed by atoms with Gasteiger partial charge in [-0.05, 0) is 22.0 Å². The number of carbonyl (C=O) groups is 3. The predicted molar refractivity (Wildman–Crippen MR) is 60.9 cm³/mol. The smallest absolute Gasteiger partial charge is 0.339 e. The number of Topliss-reactive ketones (excluding diaryl/α,β-unsaturated/α-hetero) is 1. The number of pyridine rings is 1. The number of carboxylic acids is 1. The molecule has 1 amide bonds. The summed E-state index contributed by atoms with van der Waals surface area (Å²) in [7, 11) is 0. The number of rotatable bonds is 2. The average molecular weight is 299 g/mol. The Kier molecular flexibility index (Phi) is 2.93. The number of carboxylic acid groups (broad SMARTS) is 1. The second-order valence-electron chi connectivity index (χ2n) is 3.53. The van der Waals surface area contributed by atoms with Crippen molar-refractivity contribution in [1.82, 2.24) is 4.98 Å². The van der Waals surface area contributed by atoms with Crippen molar-refractivity contribution in [2.24, 2.45) is 0 Å². The highest BCUT2D eigenvalue weighted by atomic mass is 79.9. The third kappa shape index (κ3) is 2.19. The fourth-order valence-electron chi connectivity index (χ4n) is 1.58. The highest BCUT2D eigenvalue weighted by Gasteiger charge is 2.32. The number of carbonyl (C=O) groups excluding carboxylic acids is 2. The zero-order chi connectivity index (χ0) is 12.6. The minimum Gasteiger partial charge on any atom is -0.478 e. The summed E-state index contributed by atoms with van der Waals surface area (Å²) in [6.07, 6.45) is 1.19. The Morgan fingerprint density at radius 3 is 2.71 bits per heavy atom. The molecule has 1 aliphatic heterocycles. The topological polar surface area (TPSA) is 87.6 Å². The molecule has 0 aromatic carbocycles. The van der Waals surface area contributed by atoms with Gasteiger partial charge < -0.3 is 5.11 Å². The van der Waals surface area contributed by atoms with Crippen molar-refractivity contribution in [3.63, 3.8) is 0 Å². The SMILES string of the molecule is O=C1CC(=O)N(c2ncc(Br)cc2C(=O)O)C1. The molecule has 0 spiro atoms. The van der Waals surface area contributed by atoms with Crippen LogP contribution in [0.3, 0.4) is 0 Å². The Labute approximate surface area is 104 Å². The van der Waals surface area contributed by atoms with E-state index in [1.165, 1.54) is 12.3 Å². The number of halogens is 1. The maximum Gasteiger partial charge on any atom is 0.339 e. The van der Waals surface area contributed by atoms with Gasteiger partial charge in [0.15, 0.2) is 5.78 Å². The molecule has 1 N–H and O–H groups in total. The van der Waals surface area contributed by atoms with Crippen LogP contribution in [0.1, 0.15) is 16.8 Å². The quantitative estimate of drug-likeness (QED) is 0.818. The first-order chi connectivity index (χ1) is 7.99. The van der Waals surface area contributed by atoms with Crippen molar-refractivity contribution in [2.45, 2.75) is 6.42 Å². The van der Waals surface area contributed by atoms with E-state index >= 15 is 0 Å². The first kappa shape index (κ1) is 11.7. The van der Waals surface area contributed by atoms with Crippen LogP contribution in [0.4, 0.5) is 5.82 Å². The van der Waals surface area contributed by atoms with E-state index in [0.29, 0.717) is 4.47 Å². The molecule has 0 atom stereocenters. The molecule has 1 fully saturated rings. The lowest BCUT2D eigenvalue weighted by atomic mass is 10.2. The number of aromatic carboxylic acids is 1. The summed E-state index contributed by atoms with van der Waals surface area (Å²) in [6, 6.07) is 1.35. The van der Waals surface area contributed by atoms with E-state index in [-0.39, 0.29) is 30.1 Å². The fourth-order valence-corrected chi connectivity index (χ4v) is 1.91. The lowest BCUT2D eigenvalue weighted by molar-refractivity contribution is -0.121. The number of anilines is 1. The van der Waals surface area contributed by atoms with Gasteiger partial charge in [-0.1, -0.05) is 0 Å². The van der Waals surface area contributed by atoms with Gasteiger partial charge >= 0.3 is 5.97 Å². The molecule has 1 aromatic rings. The first-order valence-corrected chi connectivity index (χ1v) is 5.49. The fraction of sp³-hybridized carbons (Fsp3) is 0.200. The molecule has 0 saturated carbocycles. The third-order valence-corrected chi connectivity index (χ3v) is 2.74. The van der Waals surface area contributed by atoms with Crippen LogP contribution in [0.5, 0.6) is 0 Å². The zero-order valence-electron chi connectivity index (χ0n) is 8.51. The summed E-state index contributed by atoms with van der Waals surface area (Å²) in [5, 5.41) is 9.02. The van der Waals surface area contributed by atoms with Crippen LogP contribution in [0.25, 0.3) is 0 Å².